The maximum Gasteiger partial charge on any atom is 0.142 e. The number of hydrogen-bond acceptors (Lipinski definition) is 4. The molecule has 0 saturated heterocycles. The van der Waals surface area contributed by atoms with Gasteiger partial charge in [-0.15, -0.1) is 0 Å². The van der Waals surface area contributed by atoms with E-state index in [2.05, 4.69) is 37.3 Å². The molecule has 0 spiro atoms. The molecule has 0 aromatic heterocycles. The van der Waals surface area contributed by atoms with Gasteiger partial charge in [0.1, 0.15) is 11.4 Å². The number of benzene rings is 2. The zero-order valence-corrected chi connectivity index (χ0v) is 12.0. The SMILES string of the molecule is CC(C)(C)N1c2ccccc2NN1c1ccccc1O. The number of rotatable bonds is 1. The molecule has 0 fully saturated rings. The van der Waals surface area contributed by atoms with Gasteiger partial charge < -0.3 is 5.11 Å². The number of phenolic OH excluding ortho intramolecular Hbond substituents is 1. The first kappa shape index (κ1) is 12.7. The summed E-state index contributed by atoms with van der Waals surface area (Å²) in [7, 11) is 0. The lowest BCUT2D eigenvalue weighted by Gasteiger charge is -2.40. The lowest BCUT2D eigenvalue weighted by atomic mass is 10.1. The highest BCUT2D eigenvalue weighted by Gasteiger charge is 2.36. The Morgan fingerprint density at radius 2 is 1.50 bits per heavy atom. The Morgan fingerprint density at radius 3 is 2.15 bits per heavy atom. The highest BCUT2D eigenvalue weighted by molar-refractivity contribution is 5.82. The van der Waals surface area contributed by atoms with E-state index in [1.807, 2.05) is 41.5 Å². The first-order chi connectivity index (χ1) is 9.48. The van der Waals surface area contributed by atoms with Gasteiger partial charge in [0.05, 0.1) is 16.9 Å². The number of aromatic hydroxyl groups is 1. The van der Waals surface area contributed by atoms with Gasteiger partial charge in [0.15, 0.2) is 0 Å². The molecule has 3 rings (SSSR count). The number of nitrogens with zero attached hydrogens (tertiary/aromatic N) is 2. The van der Waals surface area contributed by atoms with E-state index in [1.54, 1.807) is 6.07 Å². The summed E-state index contributed by atoms with van der Waals surface area (Å²) in [4.78, 5) is 0. The van der Waals surface area contributed by atoms with Crippen molar-refractivity contribution in [2.45, 2.75) is 26.3 Å². The minimum absolute atomic E-state index is 0.123. The first-order valence-electron chi connectivity index (χ1n) is 6.72. The molecule has 1 heterocycles. The van der Waals surface area contributed by atoms with Crippen LogP contribution in [0.1, 0.15) is 20.8 Å². The van der Waals surface area contributed by atoms with Crippen LogP contribution in [0.5, 0.6) is 5.75 Å². The molecule has 1 aliphatic heterocycles. The summed E-state index contributed by atoms with van der Waals surface area (Å²) in [6, 6.07) is 15.5. The van der Waals surface area contributed by atoms with Crippen LogP contribution >= 0.6 is 0 Å². The van der Waals surface area contributed by atoms with Crippen LogP contribution in [0.25, 0.3) is 0 Å². The average molecular weight is 269 g/mol. The van der Waals surface area contributed by atoms with Gasteiger partial charge in [-0.2, -0.15) is 5.12 Å². The standard InChI is InChI=1S/C16H19N3O/c1-16(2,3)18-13-9-5-4-8-12(13)17-19(18)14-10-6-7-11-15(14)20/h4-11,17,20H,1-3H3. The Kier molecular flexibility index (Phi) is 2.74. The van der Waals surface area contributed by atoms with E-state index in [-0.39, 0.29) is 11.3 Å². The second-order valence-corrected chi connectivity index (χ2v) is 5.91. The van der Waals surface area contributed by atoms with Gasteiger partial charge in [-0.05, 0) is 45.0 Å². The predicted molar refractivity (Wildman–Crippen MR) is 82.9 cm³/mol. The Hall–Kier alpha value is -2.36. The molecular weight excluding hydrogens is 250 g/mol. The van der Waals surface area contributed by atoms with Gasteiger partial charge in [0, 0.05) is 0 Å². The summed E-state index contributed by atoms with van der Waals surface area (Å²) in [6.45, 7) is 6.43. The van der Waals surface area contributed by atoms with Gasteiger partial charge in [-0.1, -0.05) is 24.3 Å². The van der Waals surface area contributed by atoms with Crippen LogP contribution in [0.2, 0.25) is 0 Å². The van der Waals surface area contributed by atoms with E-state index in [0.29, 0.717) is 0 Å². The molecule has 0 aliphatic carbocycles. The number of hydrazine groups is 2. The summed E-state index contributed by atoms with van der Waals surface area (Å²) < 4.78 is 0. The number of phenols is 1. The van der Waals surface area contributed by atoms with Crippen LogP contribution in [0.4, 0.5) is 17.1 Å². The van der Waals surface area contributed by atoms with E-state index in [1.165, 1.54) is 0 Å². The Labute approximate surface area is 119 Å². The number of fused-ring (bicyclic) bond motifs is 1. The van der Waals surface area contributed by atoms with Crippen molar-refractivity contribution in [3.8, 4) is 5.75 Å². The van der Waals surface area contributed by atoms with Crippen molar-refractivity contribution in [2.75, 3.05) is 15.6 Å². The molecule has 4 nitrogen and oxygen atoms in total. The molecule has 0 unspecified atom stereocenters. The molecule has 4 heteroatoms. The second-order valence-electron chi connectivity index (χ2n) is 5.91. The fourth-order valence-corrected chi connectivity index (χ4v) is 2.50. The van der Waals surface area contributed by atoms with Crippen molar-refractivity contribution in [2.24, 2.45) is 0 Å². The quantitative estimate of drug-likeness (QED) is 0.827. The second kappa shape index (κ2) is 4.34. The third-order valence-corrected chi connectivity index (χ3v) is 3.30. The van der Waals surface area contributed by atoms with Crippen LogP contribution in [0.3, 0.4) is 0 Å². The zero-order chi connectivity index (χ0) is 14.3. The van der Waals surface area contributed by atoms with Gasteiger partial charge >= 0.3 is 0 Å². The first-order valence-corrected chi connectivity index (χ1v) is 6.72. The highest BCUT2D eigenvalue weighted by atomic mass is 16.3. The van der Waals surface area contributed by atoms with Crippen molar-refractivity contribution < 1.29 is 5.11 Å². The summed E-state index contributed by atoms with van der Waals surface area (Å²) in [5, 5.41) is 14.2. The molecular formula is C16H19N3O. The molecule has 2 aromatic carbocycles. The molecule has 0 bridgehead atoms. The third kappa shape index (κ3) is 1.93. The summed E-state index contributed by atoms with van der Waals surface area (Å²) in [6.07, 6.45) is 0. The molecule has 1 aliphatic rings. The lowest BCUT2D eigenvalue weighted by molar-refractivity contribution is 0.465. The Morgan fingerprint density at radius 1 is 0.900 bits per heavy atom. The highest BCUT2D eigenvalue weighted by Crippen LogP contribution is 2.42. The summed E-state index contributed by atoms with van der Waals surface area (Å²) >= 11 is 0. The molecule has 0 radical (unpaired) electrons. The van der Waals surface area contributed by atoms with Crippen LogP contribution in [-0.4, -0.2) is 10.6 Å². The van der Waals surface area contributed by atoms with E-state index in [4.69, 9.17) is 0 Å². The Balaban J connectivity index is 2.12. The van der Waals surface area contributed by atoms with Gasteiger partial charge in [-0.3, -0.25) is 10.4 Å². The van der Waals surface area contributed by atoms with Crippen molar-refractivity contribution >= 4 is 17.1 Å². The number of hydrogen-bond donors (Lipinski definition) is 2. The third-order valence-electron chi connectivity index (χ3n) is 3.30. The fraction of sp³-hybridized carbons (Fsp3) is 0.250. The Bertz CT molecular complexity index is 634. The van der Waals surface area contributed by atoms with E-state index < -0.39 is 0 Å². The van der Waals surface area contributed by atoms with Crippen molar-refractivity contribution in [1.29, 1.82) is 0 Å². The topological polar surface area (TPSA) is 38.7 Å². The number of anilines is 3. The fourth-order valence-electron chi connectivity index (χ4n) is 2.50. The van der Waals surface area contributed by atoms with Crippen LogP contribution in [-0.2, 0) is 0 Å². The summed E-state index contributed by atoms with van der Waals surface area (Å²) in [5.41, 5.74) is 6.09. The number of para-hydroxylation sites is 4. The number of nitrogens with one attached hydrogen (secondary N) is 1. The predicted octanol–water partition coefficient (Wildman–Crippen LogP) is 3.76. The maximum absolute atomic E-state index is 10.1. The van der Waals surface area contributed by atoms with Crippen LogP contribution < -0.4 is 15.6 Å². The average Bonchev–Trinajstić information content (AvgIpc) is 2.78. The van der Waals surface area contributed by atoms with Crippen molar-refractivity contribution in [1.82, 2.24) is 0 Å². The zero-order valence-electron chi connectivity index (χ0n) is 12.0. The van der Waals surface area contributed by atoms with Gasteiger partial charge in [0.25, 0.3) is 0 Å². The monoisotopic (exact) mass is 269 g/mol. The molecule has 0 atom stereocenters. The molecule has 104 valence electrons. The normalized spacial score (nSPS) is 14.2. The van der Waals surface area contributed by atoms with Crippen LogP contribution in [0, 0.1) is 0 Å². The van der Waals surface area contributed by atoms with Crippen molar-refractivity contribution in [3.63, 3.8) is 0 Å². The van der Waals surface area contributed by atoms with E-state index in [0.717, 1.165) is 17.1 Å². The largest absolute Gasteiger partial charge is 0.506 e. The van der Waals surface area contributed by atoms with Gasteiger partial charge in [-0.25, -0.2) is 0 Å². The van der Waals surface area contributed by atoms with Crippen molar-refractivity contribution in [3.05, 3.63) is 48.5 Å². The van der Waals surface area contributed by atoms with Gasteiger partial charge in [0.2, 0.25) is 0 Å². The molecule has 2 aromatic rings. The molecule has 0 amide bonds. The lowest BCUT2D eigenvalue weighted by Crippen LogP contribution is -2.52. The smallest absolute Gasteiger partial charge is 0.142 e. The minimum Gasteiger partial charge on any atom is -0.506 e. The molecule has 0 saturated carbocycles. The summed E-state index contributed by atoms with van der Waals surface area (Å²) in [5.74, 6) is 0.252. The maximum atomic E-state index is 10.1. The van der Waals surface area contributed by atoms with Crippen LogP contribution in [0.15, 0.2) is 48.5 Å². The molecule has 20 heavy (non-hydrogen) atoms. The van der Waals surface area contributed by atoms with E-state index >= 15 is 0 Å². The minimum atomic E-state index is -0.123. The molecule has 2 N–H and O–H groups in total. The van der Waals surface area contributed by atoms with E-state index in [9.17, 15) is 5.11 Å².